The highest BCUT2D eigenvalue weighted by atomic mass is 32.2. The summed E-state index contributed by atoms with van der Waals surface area (Å²) in [4.78, 5) is 0. The van der Waals surface area contributed by atoms with Crippen molar-refractivity contribution in [2.24, 2.45) is 5.92 Å². The van der Waals surface area contributed by atoms with Crippen molar-refractivity contribution in [2.75, 3.05) is 0 Å². The molecule has 0 saturated heterocycles. The van der Waals surface area contributed by atoms with Crippen LogP contribution in [0.15, 0.2) is 11.1 Å². The van der Waals surface area contributed by atoms with Crippen LogP contribution in [-0.2, 0) is 0 Å². The number of hydrogen-bond acceptors (Lipinski definition) is 2. The average Bonchev–Trinajstić information content (AvgIpc) is 2.10. The molecule has 1 N–H and O–H groups in total. The molecule has 0 aromatic heterocycles. The van der Waals surface area contributed by atoms with E-state index in [1.54, 1.807) is 0 Å². The second-order valence-corrected chi connectivity index (χ2v) is 4.34. The minimum Gasteiger partial charge on any atom is -0.376 e. The van der Waals surface area contributed by atoms with Crippen LogP contribution in [0.4, 0.5) is 0 Å². The van der Waals surface area contributed by atoms with Gasteiger partial charge in [-0.2, -0.15) is 0 Å². The molecule has 0 radical (unpaired) electrons. The topological polar surface area (TPSA) is 12.0 Å². The molecular formula is C8H13NS. The van der Waals surface area contributed by atoms with Gasteiger partial charge in [-0.1, -0.05) is 6.42 Å². The minimum atomic E-state index is 0.621. The first-order valence-corrected chi connectivity index (χ1v) is 4.92. The fraction of sp³-hybridized carbons (Fsp3) is 0.750. The number of thioether (sulfide) groups is 1. The van der Waals surface area contributed by atoms with E-state index in [2.05, 4.69) is 17.6 Å². The Morgan fingerprint density at radius 1 is 1.60 bits per heavy atom. The Kier molecular flexibility index (Phi) is 1.65. The molecule has 0 bridgehead atoms. The highest BCUT2D eigenvalue weighted by Crippen LogP contribution is 2.36. The molecule has 56 valence electrons. The van der Waals surface area contributed by atoms with Crippen molar-refractivity contribution in [1.82, 2.24) is 5.32 Å². The fourth-order valence-corrected chi connectivity index (χ4v) is 2.23. The van der Waals surface area contributed by atoms with Crippen molar-refractivity contribution in [3.05, 3.63) is 11.1 Å². The zero-order chi connectivity index (χ0) is 6.97. The Hall–Kier alpha value is -0.110. The van der Waals surface area contributed by atoms with Gasteiger partial charge in [-0.3, -0.25) is 0 Å². The third kappa shape index (κ3) is 1.05. The maximum absolute atomic E-state index is 3.48. The van der Waals surface area contributed by atoms with Gasteiger partial charge in [-0.25, -0.2) is 0 Å². The molecule has 0 aromatic carbocycles. The first-order valence-electron chi connectivity index (χ1n) is 3.98. The smallest absolute Gasteiger partial charge is 0.0732 e. The second kappa shape index (κ2) is 2.50. The lowest BCUT2D eigenvalue weighted by Crippen LogP contribution is -2.25. The summed E-state index contributed by atoms with van der Waals surface area (Å²) < 4.78 is 0. The van der Waals surface area contributed by atoms with Gasteiger partial charge in [0.05, 0.1) is 5.37 Å². The van der Waals surface area contributed by atoms with E-state index < -0.39 is 0 Å². The van der Waals surface area contributed by atoms with Crippen LogP contribution in [0.5, 0.6) is 0 Å². The first kappa shape index (κ1) is 6.59. The lowest BCUT2D eigenvalue weighted by atomic mass is 9.83. The molecule has 2 aliphatic rings. The number of allylic oxidation sites excluding steroid dienone is 1. The van der Waals surface area contributed by atoms with Gasteiger partial charge in [0.25, 0.3) is 0 Å². The van der Waals surface area contributed by atoms with Crippen LogP contribution in [0.3, 0.4) is 0 Å². The predicted molar refractivity (Wildman–Crippen MR) is 45.6 cm³/mol. The molecule has 1 aliphatic heterocycles. The summed E-state index contributed by atoms with van der Waals surface area (Å²) in [6.07, 6.45) is 4.25. The van der Waals surface area contributed by atoms with Crippen LogP contribution in [0.1, 0.15) is 26.2 Å². The highest BCUT2D eigenvalue weighted by Gasteiger charge is 2.25. The Morgan fingerprint density at radius 3 is 2.80 bits per heavy atom. The number of hydrogen-bond donors (Lipinski definition) is 1. The van der Waals surface area contributed by atoms with Crippen LogP contribution in [-0.4, -0.2) is 5.37 Å². The number of nitrogens with one attached hydrogen (secondary N) is 1. The molecule has 2 rings (SSSR count). The third-order valence-corrected chi connectivity index (χ3v) is 3.23. The van der Waals surface area contributed by atoms with E-state index in [9.17, 15) is 0 Å². The predicted octanol–water partition coefficient (Wildman–Crippen LogP) is 2.31. The van der Waals surface area contributed by atoms with Crippen molar-refractivity contribution >= 4 is 11.8 Å². The fourth-order valence-electron chi connectivity index (χ4n) is 1.41. The van der Waals surface area contributed by atoms with Gasteiger partial charge < -0.3 is 5.32 Å². The summed E-state index contributed by atoms with van der Waals surface area (Å²) in [7, 11) is 0. The van der Waals surface area contributed by atoms with Crippen LogP contribution in [0.2, 0.25) is 0 Å². The molecule has 1 saturated carbocycles. The molecular weight excluding hydrogens is 142 g/mol. The summed E-state index contributed by atoms with van der Waals surface area (Å²) in [5.41, 5.74) is 1.50. The Labute approximate surface area is 66.3 Å². The Bertz CT molecular complexity index is 161. The molecule has 0 amide bonds. The van der Waals surface area contributed by atoms with Crippen molar-refractivity contribution < 1.29 is 0 Å². The summed E-state index contributed by atoms with van der Waals surface area (Å²) in [5, 5.41) is 6.40. The molecule has 1 nitrogen and oxygen atoms in total. The lowest BCUT2D eigenvalue weighted by molar-refractivity contribution is 0.351. The van der Waals surface area contributed by atoms with Crippen LogP contribution in [0, 0.1) is 5.92 Å². The van der Waals surface area contributed by atoms with Gasteiger partial charge in [-0.05, 0) is 31.1 Å². The zero-order valence-corrected chi connectivity index (χ0v) is 7.08. The van der Waals surface area contributed by atoms with Crippen molar-refractivity contribution in [2.45, 2.75) is 31.6 Å². The summed E-state index contributed by atoms with van der Waals surface area (Å²) in [6.45, 7) is 2.22. The van der Waals surface area contributed by atoms with Gasteiger partial charge in [0, 0.05) is 5.70 Å². The van der Waals surface area contributed by atoms with E-state index in [1.807, 2.05) is 11.8 Å². The molecule has 1 fully saturated rings. The maximum atomic E-state index is 3.48. The largest absolute Gasteiger partial charge is 0.376 e. The standard InChI is InChI=1S/C8H13NS/c1-6-9-8(5-10-6)7-3-2-4-7/h5-7,9H,2-4H2,1H3. The van der Waals surface area contributed by atoms with Gasteiger partial charge in [0.15, 0.2) is 0 Å². The van der Waals surface area contributed by atoms with E-state index in [1.165, 1.54) is 25.0 Å². The molecule has 1 atom stereocenters. The molecule has 1 aliphatic carbocycles. The highest BCUT2D eigenvalue weighted by molar-refractivity contribution is 8.02. The second-order valence-electron chi connectivity index (χ2n) is 3.12. The summed E-state index contributed by atoms with van der Waals surface area (Å²) in [6, 6.07) is 0. The molecule has 2 heteroatoms. The van der Waals surface area contributed by atoms with Crippen molar-refractivity contribution in [3.8, 4) is 0 Å². The van der Waals surface area contributed by atoms with Crippen LogP contribution < -0.4 is 5.32 Å². The van der Waals surface area contributed by atoms with Crippen LogP contribution in [0.25, 0.3) is 0 Å². The van der Waals surface area contributed by atoms with Crippen molar-refractivity contribution in [3.63, 3.8) is 0 Å². The first-order chi connectivity index (χ1) is 4.86. The average molecular weight is 155 g/mol. The maximum Gasteiger partial charge on any atom is 0.0732 e. The van der Waals surface area contributed by atoms with Gasteiger partial charge in [0.2, 0.25) is 0 Å². The van der Waals surface area contributed by atoms with E-state index in [0.717, 1.165) is 5.92 Å². The summed E-state index contributed by atoms with van der Waals surface area (Å²) >= 11 is 1.91. The SMILES string of the molecule is CC1NC(C2CCC2)=CS1. The molecule has 0 spiro atoms. The monoisotopic (exact) mass is 155 g/mol. The van der Waals surface area contributed by atoms with E-state index in [-0.39, 0.29) is 0 Å². The van der Waals surface area contributed by atoms with Crippen molar-refractivity contribution in [1.29, 1.82) is 0 Å². The van der Waals surface area contributed by atoms with Crippen LogP contribution >= 0.6 is 11.8 Å². The number of rotatable bonds is 1. The van der Waals surface area contributed by atoms with Gasteiger partial charge in [0.1, 0.15) is 0 Å². The normalized spacial score (nSPS) is 32.9. The third-order valence-electron chi connectivity index (χ3n) is 2.31. The van der Waals surface area contributed by atoms with E-state index >= 15 is 0 Å². The van der Waals surface area contributed by atoms with Gasteiger partial charge in [-0.15, -0.1) is 11.8 Å². The zero-order valence-electron chi connectivity index (χ0n) is 6.26. The molecule has 0 aromatic rings. The molecule has 1 heterocycles. The quantitative estimate of drug-likeness (QED) is 0.623. The van der Waals surface area contributed by atoms with E-state index in [0.29, 0.717) is 5.37 Å². The van der Waals surface area contributed by atoms with E-state index in [4.69, 9.17) is 0 Å². The summed E-state index contributed by atoms with van der Waals surface area (Å²) in [5.74, 6) is 0.887. The molecule has 10 heavy (non-hydrogen) atoms. The lowest BCUT2D eigenvalue weighted by Gasteiger charge is -2.27. The molecule has 1 unspecified atom stereocenters. The Morgan fingerprint density at radius 2 is 2.40 bits per heavy atom. The Balaban J connectivity index is 1.93. The minimum absolute atomic E-state index is 0.621. The van der Waals surface area contributed by atoms with Gasteiger partial charge >= 0.3 is 0 Å².